The van der Waals surface area contributed by atoms with Gasteiger partial charge in [-0.3, -0.25) is 4.79 Å². The van der Waals surface area contributed by atoms with Crippen LogP contribution in [-0.4, -0.2) is 68.3 Å². The van der Waals surface area contributed by atoms with Crippen molar-refractivity contribution in [1.29, 1.82) is 0 Å². The largest absolute Gasteiger partial charge is 0.490 e. The molecule has 0 bridgehead atoms. The van der Waals surface area contributed by atoms with Crippen LogP contribution in [0.1, 0.15) is 28.8 Å². The summed E-state index contributed by atoms with van der Waals surface area (Å²) in [7, 11) is 2.14. The summed E-state index contributed by atoms with van der Waals surface area (Å²) in [6.45, 7) is 5.76. The van der Waals surface area contributed by atoms with Crippen molar-refractivity contribution < 1.29 is 14.3 Å². The molecule has 7 heteroatoms. The molecule has 0 spiro atoms. The van der Waals surface area contributed by atoms with Crippen molar-refractivity contribution in [2.24, 2.45) is 0 Å². The van der Waals surface area contributed by atoms with E-state index in [0.717, 1.165) is 57.0 Å². The van der Waals surface area contributed by atoms with E-state index in [0.29, 0.717) is 24.5 Å². The normalized spacial score (nSPS) is 19.6. The fourth-order valence-electron chi connectivity index (χ4n) is 3.76. The van der Waals surface area contributed by atoms with Crippen LogP contribution in [0.5, 0.6) is 5.75 Å². The van der Waals surface area contributed by atoms with Crippen LogP contribution in [0.25, 0.3) is 0 Å². The third-order valence-electron chi connectivity index (χ3n) is 5.67. The zero-order valence-corrected chi connectivity index (χ0v) is 17.5. The average Bonchev–Trinajstić information content (AvgIpc) is 3.31. The van der Waals surface area contributed by atoms with Crippen LogP contribution < -0.4 is 15.0 Å². The van der Waals surface area contributed by atoms with Gasteiger partial charge in [-0.05, 0) is 43.7 Å². The summed E-state index contributed by atoms with van der Waals surface area (Å²) in [6, 6.07) is 11.4. The molecule has 0 radical (unpaired) electrons. The van der Waals surface area contributed by atoms with Crippen molar-refractivity contribution in [3.8, 4) is 5.75 Å². The van der Waals surface area contributed by atoms with Crippen molar-refractivity contribution in [3.63, 3.8) is 0 Å². The van der Waals surface area contributed by atoms with Gasteiger partial charge in [0.25, 0.3) is 5.91 Å². The van der Waals surface area contributed by atoms with Gasteiger partial charge in [-0.1, -0.05) is 18.2 Å². The highest BCUT2D eigenvalue weighted by molar-refractivity contribution is 5.96. The zero-order valence-electron chi connectivity index (χ0n) is 17.5. The van der Waals surface area contributed by atoms with E-state index < -0.39 is 0 Å². The lowest BCUT2D eigenvalue weighted by molar-refractivity contribution is 0.0670. The maximum absolute atomic E-state index is 12.7. The molecule has 1 atom stereocenters. The van der Waals surface area contributed by atoms with E-state index in [1.54, 1.807) is 6.07 Å². The molecule has 1 aromatic heterocycles. The highest BCUT2D eigenvalue weighted by Crippen LogP contribution is 2.21. The number of aromatic nitrogens is 1. The first-order chi connectivity index (χ1) is 14.7. The molecule has 1 aromatic carbocycles. The van der Waals surface area contributed by atoms with Crippen LogP contribution in [0.4, 0.5) is 5.82 Å². The van der Waals surface area contributed by atoms with Crippen molar-refractivity contribution in [3.05, 3.63) is 53.7 Å². The fourth-order valence-corrected chi connectivity index (χ4v) is 3.76. The van der Waals surface area contributed by atoms with Crippen molar-refractivity contribution in [2.45, 2.75) is 25.5 Å². The quantitative estimate of drug-likeness (QED) is 0.756. The minimum atomic E-state index is -0.152. The molecule has 2 aromatic rings. The lowest BCUT2D eigenvalue weighted by Crippen LogP contribution is -2.44. The molecule has 4 rings (SSSR count). The summed E-state index contributed by atoms with van der Waals surface area (Å²) in [6.07, 6.45) is 4.03. The average molecular weight is 411 g/mol. The second-order valence-corrected chi connectivity index (χ2v) is 7.94. The third kappa shape index (κ3) is 5.29. The number of likely N-dealkylation sites (N-methyl/N-ethyl adjacent to an activating group) is 1. The summed E-state index contributed by atoms with van der Waals surface area (Å²) in [5.74, 6) is 1.43. The number of hydrogen-bond donors (Lipinski definition) is 1. The molecule has 1 amide bonds. The molecule has 0 saturated carbocycles. The Labute approximate surface area is 178 Å². The van der Waals surface area contributed by atoms with Crippen LogP contribution in [0.3, 0.4) is 0 Å². The monoisotopic (exact) mass is 410 g/mol. The number of anilines is 1. The van der Waals surface area contributed by atoms with Crippen LogP contribution in [0, 0.1) is 0 Å². The fraction of sp³-hybridized carbons (Fsp3) is 0.478. The molecule has 3 heterocycles. The van der Waals surface area contributed by atoms with Gasteiger partial charge in [-0.25, -0.2) is 4.98 Å². The summed E-state index contributed by atoms with van der Waals surface area (Å²) < 4.78 is 11.5. The number of hydrogen-bond acceptors (Lipinski definition) is 6. The number of carbonyl (C=O) groups excluding carboxylic acids is 1. The van der Waals surface area contributed by atoms with E-state index in [1.165, 1.54) is 0 Å². The van der Waals surface area contributed by atoms with E-state index in [4.69, 9.17) is 9.47 Å². The molecule has 2 aliphatic heterocycles. The topological polar surface area (TPSA) is 66.9 Å². The minimum Gasteiger partial charge on any atom is -0.490 e. The Morgan fingerprint density at radius 3 is 2.77 bits per heavy atom. The first-order valence-electron chi connectivity index (χ1n) is 10.7. The van der Waals surface area contributed by atoms with Gasteiger partial charge in [0.2, 0.25) is 0 Å². The highest BCUT2D eigenvalue weighted by Gasteiger charge is 2.19. The number of ether oxygens (including phenoxy) is 2. The molecule has 160 valence electrons. The summed E-state index contributed by atoms with van der Waals surface area (Å²) in [5.41, 5.74) is 1.51. The van der Waals surface area contributed by atoms with E-state index >= 15 is 0 Å². The molecular formula is C23H30N4O3. The molecule has 2 fully saturated rings. The molecule has 1 unspecified atom stereocenters. The molecular weight excluding hydrogens is 380 g/mol. The number of carbonyl (C=O) groups is 1. The first-order valence-corrected chi connectivity index (χ1v) is 10.7. The summed E-state index contributed by atoms with van der Waals surface area (Å²) >= 11 is 0. The Hall–Kier alpha value is -2.64. The van der Waals surface area contributed by atoms with E-state index in [9.17, 15) is 4.79 Å². The van der Waals surface area contributed by atoms with Crippen molar-refractivity contribution in [2.75, 3.05) is 51.3 Å². The van der Waals surface area contributed by atoms with Gasteiger partial charge in [0, 0.05) is 45.5 Å². The van der Waals surface area contributed by atoms with Crippen molar-refractivity contribution in [1.82, 2.24) is 15.2 Å². The zero-order chi connectivity index (χ0) is 20.8. The van der Waals surface area contributed by atoms with Crippen LogP contribution in [0.2, 0.25) is 0 Å². The van der Waals surface area contributed by atoms with Crippen LogP contribution >= 0.6 is 0 Å². The first kappa shape index (κ1) is 20.6. The summed E-state index contributed by atoms with van der Waals surface area (Å²) in [5, 5.41) is 2.98. The molecule has 1 N–H and O–H groups in total. The lowest BCUT2D eigenvalue weighted by Gasteiger charge is -2.33. The van der Waals surface area contributed by atoms with Gasteiger partial charge in [0.1, 0.15) is 18.2 Å². The smallest absolute Gasteiger partial charge is 0.255 e. The standard InChI is InChI=1S/C23H30N4O3/c1-26-10-12-27(13-11-26)22-9-8-18(15-24-22)16-25-23(28)20-6-2-3-7-21(20)30-17-19-5-4-14-29-19/h2-3,6-9,15,19H,4-5,10-14,16-17H2,1H3,(H,25,28). The number of amides is 1. The molecule has 2 aliphatic rings. The number of nitrogens with one attached hydrogen (secondary N) is 1. The maximum atomic E-state index is 12.7. The van der Waals surface area contributed by atoms with Gasteiger partial charge in [0.05, 0.1) is 11.7 Å². The predicted molar refractivity (Wildman–Crippen MR) is 116 cm³/mol. The number of pyridine rings is 1. The Bertz CT molecular complexity index is 829. The Morgan fingerprint density at radius 2 is 2.03 bits per heavy atom. The van der Waals surface area contributed by atoms with Crippen LogP contribution in [0.15, 0.2) is 42.6 Å². The lowest BCUT2D eigenvalue weighted by atomic mass is 10.1. The number of para-hydroxylation sites is 1. The maximum Gasteiger partial charge on any atom is 0.255 e. The van der Waals surface area contributed by atoms with Gasteiger partial charge in [-0.2, -0.15) is 0 Å². The van der Waals surface area contributed by atoms with Gasteiger partial charge in [0.15, 0.2) is 0 Å². The number of rotatable bonds is 7. The Morgan fingerprint density at radius 1 is 1.20 bits per heavy atom. The molecule has 2 saturated heterocycles. The predicted octanol–water partition coefficient (Wildman–Crippen LogP) is 2.32. The van der Waals surface area contributed by atoms with Gasteiger partial charge in [-0.15, -0.1) is 0 Å². The third-order valence-corrected chi connectivity index (χ3v) is 5.67. The number of benzene rings is 1. The molecule has 0 aliphatic carbocycles. The number of piperazine rings is 1. The molecule has 7 nitrogen and oxygen atoms in total. The SMILES string of the molecule is CN1CCN(c2ccc(CNC(=O)c3ccccc3OCC3CCCO3)cn2)CC1. The van der Waals surface area contributed by atoms with Gasteiger partial charge >= 0.3 is 0 Å². The Kier molecular flexibility index (Phi) is 6.81. The summed E-state index contributed by atoms with van der Waals surface area (Å²) in [4.78, 5) is 21.9. The van der Waals surface area contributed by atoms with E-state index in [2.05, 4.69) is 27.1 Å². The second-order valence-electron chi connectivity index (χ2n) is 7.94. The van der Waals surface area contributed by atoms with Crippen molar-refractivity contribution >= 4 is 11.7 Å². The molecule has 30 heavy (non-hydrogen) atoms. The minimum absolute atomic E-state index is 0.117. The number of nitrogens with zero attached hydrogens (tertiary/aromatic N) is 3. The highest BCUT2D eigenvalue weighted by atomic mass is 16.5. The second kappa shape index (κ2) is 9.91. The van der Waals surface area contributed by atoms with E-state index in [1.807, 2.05) is 36.5 Å². The van der Waals surface area contributed by atoms with Crippen LogP contribution in [-0.2, 0) is 11.3 Å². The Balaban J connectivity index is 1.31. The van der Waals surface area contributed by atoms with Gasteiger partial charge < -0.3 is 24.6 Å². The van der Waals surface area contributed by atoms with E-state index in [-0.39, 0.29) is 12.0 Å².